The Kier molecular flexibility index (Phi) is 4.99. The molecule has 2 N–H and O–H groups in total. The van der Waals surface area contributed by atoms with Crippen molar-refractivity contribution >= 4 is 5.91 Å². The van der Waals surface area contributed by atoms with Crippen LogP contribution >= 0.6 is 0 Å². The third-order valence-electron chi connectivity index (χ3n) is 5.77. The molecule has 2 aliphatic rings. The Hall–Kier alpha value is -0.610. The van der Waals surface area contributed by atoms with E-state index in [0.717, 1.165) is 18.9 Å². The molecule has 0 aromatic carbocycles. The van der Waals surface area contributed by atoms with Crippen molar-refractivity contribution in [1.82, 2.24) is 10.2 Å². The Balaban J connectivity index is 1.93. The monoisotopic (exact) mass is 296 g/mol. The first-order chi connectivity index (χ1) is 9.72. The first-order valence-electron chi connectivity index (χ1n) is 8.49. The average molecular weight is 296 g/mol. The molecule has 2 atom stereocenters. The van der Waals surface area contributed by atoms with Gasteiger partial charge in [-0.25, -0.2) is 0 Å². The molecule has 1 heterocycles. The number of hydrogen-bond acceptors (Lipinski definition) is 3. The standard InChI is InChI=1S/C17H32N2O2/c1-16(2,17(3,4)21)18-12-15(20)19-11-7-9-13-8-5-6-10-14(13)19/h13-14,18,21H,5-12H2,1-4H3. The topological polar surface area (TPSA) is 52.6 Å². The summed E-state index contributed by atoms with van der Waals surface area (Å²) in [5.41, 5.74) is -1.34. The summed E-state index contributed by atoms with van der Waals surface area (Å²) in [7, 11) is 0. The van der Waals surface area contributed by atoms with Gasteiger partial charge >= 0.3 is 0 Å². The molecule has 0 spiro atoms. The SMILES string of the molecule is CC(C)(O)C(C)(C)NCC(=O)N1CCCC2CCCCC21. The molecular weight excluding hydrogens is 264 g/mol. The van der Waals surface area contributed by atoms with Gasteiger partial charge in [-0.05, 0) is 59.3 Å². The Labute approximate surface area is 129 Å². The van der Waals surface area contributed by atoms with Crippen LogP contribution < -0.4 is 5.32 Å². The van der Waals surface area contributed by atoms with Crippen molar-refractivity contribution in [1.29, 1.82) is 0 Å². The summed E-state index contributed by atoms with van der Waals surface area (Å²) in [6.45, 7) is 8.68. The lowest BCUT2D eigenvalue weighted by Crippen LogP contribution is -2.59. The van der Waals surface area contributed by atoms with Gasteiger partial charge in [-0.15, -0.1) is 0 Å². The molecule has 1 saturated heterocycles. The summed E-state index contributed by atoms with van der Waals surface area (Å²) in [5.74, 6) is 0.919. The molecule has 21 heavy (non-hydrogen) atoms. The zero-order chi connectivity index (χ0) is 15.7. The van der Waals surface area contributed by atoms with E-state index in [1.165, 1.54) is 32.1 Å². The van der Waals surface area contributed by atoms with Gasteiger partial charge in [0.05, 0.1) is 12.1 Å². The van der Waals surface area contributed by atoms with Crippen molar-refractivity contribution in [2.24, 2.45) is 5.92 Å². The second-order valence-electron chi connectivity index (χ2n) is 7.88. The fraction of sp³-hybridized carbons (Fsp3) is 0.941. The van der Waals surface area contributed by atoms with Crippen LogP contribution in [0.4, 0.5) is 0 Å². The highest BCUT2D eigenvalue weighted by Gasteiger charge is 2.38. The van der Waals surface area contributed by atoms with Gasteiger partial charge in [-0.3, -0.25) is 4.79 Å². The van der Waals surface area contributed by atoms with E-state index in [0.29, 0.717) is 12.6 Å². The Morgan fingerprint density at radius 1 is 1.14 bits per heavy atom. The number of likely N-dealkylation sites (tertiary alicyclic amines) is 1. The molecule has 1 amide bonds. The van der Waals surface area contributed by atoms with E-state index in [9.17, 15) is 9.90 Å². The average Bonchev–Trinajstić information content (AvgIpc) is 2.43. The quantitative estimate of drug-likeness (QED) is 0.837. The van der Waals surface area contributed by atoms with Crippen LogP contribution in [0, 0.1) is 5.92 Å². The van der Waals surface area contributed by atoms with Crippen LogP contribution in [0.3, 0.4) is 0 Å². The van der Waals surface area contributed by atoms with Crippen LogP contribution in [0.15, 0.2) is 0 Å². The second kappa shape index (κ2) is 6.25. The predicted molar refractivity (Wildman–Crippen MR) is 85.1 cm³/mol. The predicted octanol–water partition coefficient (Wildman–Crippen LogP) is 2.31. The molecule has 1 aliphatic heterocycles. The van der Waals surface area contributed by atoms with Crippen LogP contribution in [0.1, 0.15) is 66.2 Å². The second-order valence-corrected chi connectivity index (χ2v) is 7.88. The van der Waals surface area contributed by atoms with Gasteiger partial charge < -0.3 is 15.3 Å². The molecule has 0 aromatic heterocycles. The molecule has 4 nitrogen and oxygen atoms in total. The number of carbonyl (C=O) groups is 1. The summed E-state index contributed by atoms with van der Waals surface area (Å²) in [6.07, 6.45) is 7.47. The van der Waals surface area contributed by atoms with Crippen LogP contribution in [-0.2, 0) is 4.79 Å². The highest BCUT2D eigenvalue weighted by Crippen LogP contribution is 2.35. The molecule has 2 rings (SSSR count). The van der Waals surface area contributed by atoms with Gasteiger partial charge in [0, 0.05) is 18.1 Å². The van der Waals surface area contributed by atoms with Crippen LogP contribution in [-0.4, -0.2) is 46.2 Å². The minimum absolute atomic E-state index is 0.198. The Bertz CT molecular complexity index is 371. The smallest absolute Gasteiger partial charge is 0.236 e. The summed E-state index contributed by atoms with van der Waals surface area (Å²) < 4.78 is 0. The number of fused-ring (bicyclic) bond motifs is 1. The van der Waals surface area contributed by atoms with Crippen molar-refractivity contribution in [3.63, 3.8) is 0 Å². The zero-order valence-electron chi connectivity index (χ0n) is 14.1. The van der Waals surface area contributed by atoms with Crippen LogP contribution in [0.5, 0.6) is 0 Å². The van der Waals surface area contributed by atoms with Gasteiger partial charge in [-0.2, -0.15) is 0 Å². The summed E-state index contributed by atoms with van der Waals surface area (Å²) in [5, 5.41) is 13.4. The molecular formula is C17H32N2O2. The molecule has 0 aromatic rings. The Morgan fingerprint density at radius 3 is 2.43 bits per heavy atom. The zero-order valence-corrected chi connectivity index (χ0v) is 14.1. The third-order valence-corrected chi connectivity index (χ3v) is 5.77. The summed E-state index contributed by atoms with van der Waals surface area (Å²) in [6, 6.07) is 0.465. The van der Waals surface area contributed by atoms with E-state index >= 15 is 0 Å². The van der Waals surface area contributed by atoms with Crippen molar-refractivity contribution in [2.75, 3.05) is 13.1 Å². The lowest BCUT2D eigenvalue weighted by molar-refractivity contribution is -0.137. The van der Waals surface area contributed by atoms with Crippen molar-refractivity contribution < 1.29 is 9.90 Å². The molecule has 2 fully saturated rings. The molecule has 0 radical (unpaired) electrons. The van der Waals surface area contributed by atoms with E-state index in [2.05, 4.69) is 10.2 Å². The lowest BCUT2D eigenvalue weighted by atomic mass is 9.78. The third kappa shape index (κ3) is 3.78. The number of nitrogens with zero attached hydrogens (tertiary/aromatic N) is 1. The number of rotatable bonds is 4. The van der Waals surface area contributed by atoms with E-state index < -0.39 is 11.1 Å². The molecule has 0 bridgehead atoms. The maximum atomic E-state index is 12.6. The van der Waals surface area contributed by atoms with E-state index in [1.807, 2.05) is 13.8 Å². The summed E-state index contributed by atoms with van der Waals surface area (Å²) >= 11 is 0. The highest BCUT2D eigenvalue weighted by atomic mass is 16.3. The molecule has 1 saturated carbocycles. The molecule has 122 valence electrons. The van der Waals surface area contributed by atoms with Gasteiger partial charge in [-0.1, -0.05) is 12.8 Å². The molecule has 2 unspecified atom stereocenters. The Morgan fingerprint density at radius 2 is 1.76 bits per heavy atom. The number of amides is 1. The first-order valence-corrected chi connectivity index (χ1v) is 8.49. The van der Waals surface area contributed by atoms with Crippen molar-refractivity contribution in [2.45, 2.75) is 83.4 Å². The first kappa shape index (κ1) is 16.8. The van der Waals surface area contributed by atoms with Gasteiger partial charge in [0.25, 0.3) is 0 Å². The fourth-order valence-electron chi connectivity index (χ4n) is 3.55. The maximum absolute atomic E-state index is 12.6. The number of aliphatic hydroxyl groups is 1. The van der Waals surface area contributed by atoms with Gasteiger partial charge in [0.2, 0.25) is 5.91 Å². The minimum Gasteiger partial charge on any atom is -0.389 e. The highest BCUT2D eigenvalue weighted by molar-refractivity contribution is 5.78. The van der Waals surface area contributed by atoms with Crippen LogP contribution in [0.2, 0.25) is 0 Å². The largest absolute Gasteiger partial charge is 0.389 e. The number of nitrogens with one attached hydrogen (secondary N) is 1. The van der Waals surface area contributed by atoms with Crippen molar-refractivity contribution in [3.8, 4) is 0 Å². The lowest BCUT2D eigenvalue weighted by Gasteiger charge is -2.45. The van der Waals surface area contributed by atoms with Crippen LogP contribution in [0.25, 0.3) is 0 Å². The van der Waals surface area contributed by atoms with Gasteiger partial charge in [0.1, 0.15) is 0 Å². The number of piperidine rings is 1. The minimum atomic E-state index is -0.859. The normalized spacial score (nSPS) is 27.4. The summed E-state index contributed by atoms with van der Waals surface area (Å²) in [4.78, 5) is 14.7. The van der Waals surface area contributed by atoms with E-state index in [-0.39, 0.29) is 5.91 Å². The van der Waals surface area contributed by atoms with Gasteiger partial charge in [0.15, 0.2) is 0 Å². The van der Waals surface area contributed by atoms with E-state index in [4.69, 9.17) is 0 Å². The molecule has 4 heteroatoms. The maximum Gasteiger partial charge on any atom is 0.236 e. The van der Waals surface area contributed by atoms with Crippen molar-refractivity contribution in [3.05, 3.63) is 0 Å². The number of hydrogen-bond donors (Lipinski definition) is 2. The fourth-order valence-corrected chi connectivity index (χ4v) is 3.55. The number of carbonyl (C=O) groups excluding carboxylic acids is 1. The van der Waals surface area contributed by atoms with E-state index in [1.54, 1.807) is 13.8 Å². The molecule has 1 aliphatic carbocycles.